The smallest absolute Gasteiger partial charge is 0.305 e. The van der Waals surface area contributed by atoms with E-state index >= 15 is 0 Å². The predicted octanol–water partition coefficient (Wildman–Crippen LogP) is 5.02. The second-order valence-electron chi connectivity index (χ2n) is 10.1. The quantitative estimate of drug-likeness (QED) is 0.215. The van der Waals surface area contributed by atoms with Gasteiger partial charge >= 0.3 is 5.97 Å². The van der Waals surface area contributed by atoms with Crippen LogP contribution in [0.3, 0.4) is 0 Å². The van der Waals surface area contributed by atoms with E-state index < -0.39 is 5.41 Å². The summed E-state index contributed by atoms with van der Waals surface area (Å²) < 4.78 is 9.69. The topological polar surface area (TPSA) is 78.2 Å². The number of imidazole rings is 1. The lowest BCUT2D eigenvalue weighted by atomic mass is 9.64. The number of carbonyl (C=O) groups excluding carboxylic acids is 2. The van der Waals surface area contributed by atoms with Gasteiger partial charge in [-0.1, -0.05) is 60.7 Å². The average molecular weight is 503 g/mol. The van der Waals surface area contributed by atoms with Crippen molar-refractivity contribution in [3.8, 4) is 0 Å². The molecule has 0 bridgehead atoms. The number of aryl methyl sites for hydroxylation is 1. The number of ether oxygens (including phenoxy) is 1. The fraction of sp³-hybridized carbons (Fsp3) is 0.452. The standard InChI is InChI=1S/C31H39N3O3/c1-3-37-29(35)17-11-6-12-20-33-21-22-34(24(33)2)28-19-18-27(23-28)31(30(32)36,25-13-7-4-8-14-25)26-15-9-5-10-16-26/h4-5,7-10,13-16,21-22,27-28H,3,6,11-12,17-20,23H2,1-2H3,(H-,32,36)/p+1. The lowest BCUT2D eigenvalue weighted by molar-refractivity contribution is -0.703. The fourth-order valence-electron chi connectivity index (χ4n) is 6.23. The predicted molar refractivity (Wildman–Crippen MR) is 144 cm³/mol. The first-order valence-corrected chi connectivity index (χ1v) is 13.6. The lowest BCUT2D eigenvalue weighted by Gasteiger charge is -2.37. The molecule has 0 saturated heterocycles. The minimum Gasteiger partial charge on any atom is -0.466 e. The molecule has 37 heavy (non-hydrogen) atoms. The van der Waals surface area contributed by atoms with Crippen LogP contribution in [0, 0.1) is 12.8 Å². The Kier molecular flexibility index (Phi) is 8.80. The van der Waals surface area contributed by atoms with Gasteiger partial charge in [0.05, 0.1) is 13.2 Å². The number of rotatable bonds is 12. The first kappa shape index (κ1) is 26.6. The second-order valence-corrected chi connectivity index (χ2v) is 10.1. The SMILES string of the molecule is CCOC(=O)CCCCC[n+]1ccn(C2CCC(C(C(N)=O)(c3ccccc3)c3ccccc3)C2)c1C. The van der Waals surface area contributed by atoms with Gasteiger partial charge in [0.15, 0.2) is 0 Å². The van der Waals surface area contributed by atoms with Gasteiger partial charge in [-0.3, -0.25) is 9.59 Å². The fourth-order valence-corrected chi connectivity index (χ4v) is 6.23. The Hall–Kier alpha value is -3.41. The van der Waals surface area contributed by atoms with Gasteiger partial charge in [-0.2, -0.15) is 0 Å². The number of amides is 1. The van der Waals surface area contributed by atoms with E-state index in [0.717, 1.165) is 56.2 Å². The van der Waals surface area contributed by atoms with Crippen LogP contribution < -0.4 is 10.3 Å². The molecule has 6 heteroatoms. The van der Waals surface area contributed by atoms with Gasteiger partial charge in [0.2, 0.25) is 5.91 Å². The molecule has 1 saturated carbocycles. The van der Waals surface area contributed by atoms with Crippen LogP contribution in [0.1, 0.15) is 74.9 Å². The Morgan fingerprint density at radius 2 is 1.65 bits per heavy atom. The van der Waals surface area contributed by atoms with Gasteiger partial charge in [-0.25, -0.2) is 9.13 Å². The zero-order chi connectivity index (χ0) is 26.3. The van der Waals surface area contributed by atoms with Crippen molar-refractivity contribution in [3.63, 3.8) is 0 Å². The van der Waals surface area contributed by atoms with E-state index in [4.69, 9.17) is 10.5 Å². The molecule has 6 nitrogen and oxygen atoms in total. The molecular weight excluding hydrogens is 462 g/mol. The number of esters is 1. The summed E-state index contributed by atoms with van der Waals surface area (Å²) >= 11 is 0. The Bertz CT molecular complexity index is 1130. The van der Waals surface area contributed by atoms with Crippen LogP contribution in [0.25, 0.3) is 0 Å². The summed E-state index contributed by atoms with van der Waals surface area (Å²) in [6.07, 6.45) is 10.5. The lowest BCUT2D eigenvalue weighted by Crippen LogP contribution is -2.47. The number of nitrogens with two attached hydrogens (primary N) is 1. The van der Waals surface area contributed by atoms with Crippen LogP contribution in [0.5, 0.6) is 0 Å². The third kappa shape index (κ3) is 5.63. The molecular formula is C31H40N3O3+. The largest absolute Gasteiger partial charge is 0.466 e. The highest BCUT2D eigenvalue weighted by atomic mass is 16.5. The number of primary amides is 1. The highest BCUT2D eigenvalue weighted by Gasteiger charge is 2.51. The number of hydrogen-bond acceptors (Lipinski definition) is 3. The van der Waals surface area contributed by atoms with Crippen molar-refractivity contribution in [2.24, 2.45) is 11.7 Å². The van der Waals surface area contributed by atoms with Crippen molar-refractivity contribution in [1.82, 2.24) is 4.57 Å². The molecule has 1 fully saturated rings. The molecule has 0 aliphatic heterocycles. The van der Waals surface area contributed by atoms with E-state index in [0.29, 0.717) is 19.1 Å². The summed E-state index contributed by atoms with van der Waals surface area (Å²) in [4.78, 5) is 24.9. The number of nitrogens with zero attached hydrogens (tertiary/aromatic N) is 2. The molecule has 1 amide bonds. The van der Waals surface area contributed by atoms with Crippen LogP contribution in [0.4, 0.5) is 0 Å². The van der Waals surface area contributed by atoms with Gasteiger partial charge in [-0.15, -0.1) is 0 Å². The second kappa shape index (κ2) is 12.2. The van der Waals surface area contributed by atoms with Crippen molar-refractivity contribution in [1.29, 1.82) is 0 Å². The van der Waals surface area contributed by atoms with Crippen molar-refractivity contribution in [3.05, 3.63) is 90.0 Å². The molecule has 2 atom stereocenters. The van der Waals surface area contributed by atoms with E-state index in [1.807, 2.05) is 67.6 Å². The maximum Gasteiger partial charge on any atom is 0.305 e. The molecule has 2 N–H and O–H groups in total. The van der Waals surface area contributed by atoms with E-state index in [2.05, 4.69) is 28.5 Å². The molecule has 3 aromatic rings. The first-order valence-electron chi connectivity index (χ1n) is 13.6. The van der Waals surface area contributed by atoms with Gasteiger partial charge in [0, 0.05) is 13.3 Å². The van der Waals surface area contributed by atoms with Crippen molar-refractivity contribution in [2.45, 2.75) is 76.8 Å². The third-order valence-electron chi connectivity index (χ3n) is 8.04. The van der Waals surface area contributed by atoms with E-state index in [-0.39, 0.29) is 17.8 Å². The average Bonchev–Trinajstić information content (AvgIpc) is 3.53. The molecule has 1 aromatic heterocycles. The minimum atomic E-state index is -0.854. The maximum absolute atomic E-state index is 13.4. The molecule has 4 rings (SSSR count). The maximum atomic E-state index is 13.4. The zero-order valence-corrected chi connectivity index (χ0v) is 22.1. The summed E-state index contributed by atoms with van der Waals surface area (Å²) in [5, 5.41) is 0. The van der Waals surface area contributed by atoms with E-state index in [9.17, 15) is 9.59 Å². The molecule has 1 heterocycles. The summed E-state index contributed by atoms with van der Waals surface area (Å²) in [5.41, 5.74) is 7.36. The van der Waals surface area contributed by atoms with Crippen LogP contribution in [-0.4, -0.2) is 23.1 Å². The molecule has 1 aliphatic carbocycles. The van der Waals surface area contributed by atoms with Crippen LogP contribution in [0.15, 0.2) is 73.1 Å². The molecule has 2 aromatic carbocycles. The highest BCUT2D eigenvalue weighted by Crippen LogP contribution is 2.49. The normalized spacial score (nSPS) is 17.6. The van der Waals surface area contributed by atoms with Crippen LogP contribution in [-0.2, 0) is 26.3 Å². The number of hydrogen-bond donors (Lipinski definition) is 1. The highest BCUT2D eigenvalue weighted by molar-refractivity contribution is 5.91. The minimum absolute atomic E-state index is 0.105. The number of unbranched alkanes of at least 4 members (excludes halogenated alkanes) is 2. The van der Waals surface area contributed by atoms with Gasteiger partial charge < -0.3 is 10.5 Å². The van der Waals surface area contributed by atoms with Crippen LogP contribution in [0.2, 0.25) is 0 Å². The summed E-state index contributed by atoms with van der Waals surface area (Å²) in [5.74, 6) is 0.946. The number of aromatic nitrogens is 2. The molecule has 2 unspecified atom stereocenters. The van der Waals surface area contributed by atoms with Crippen molar-refractivity contribution in [2.75, 3.05) is 6.61 Å². The number of benzene rings is 2. The van der Waals surface area contributed by atoms with E-state index in [1.54, 1.807) is 0 Å². The summed E-state index contributed by atoms with van der Waals surface area (Å²) in [6, 6.07) is 20.4. The molecule has 0 radical (unpaired) electrons. The monoisotopic (exact) mass is 502 g/mol. The molecule has 196 valence electrons. The summed E-state index contributed by atoms with van der Waals surface area (Å²) in [7, 11) is 0. The summed E-state index contributed by atoms with van der Waals surface area (Å²) in [6.45, 7) is 5.38. The van der Waals surface area contributed by atoms with Gasteiger partial charge in [-0.05, 0) is 62.5 Å². The molecule has 0 spiro atoms. The first-order chi connectivity index (χ1) is 18.0. The third-order valence-corrected chi connectivity index (χ3v) is 8.04. The Balaban J connectivity index is 1.49. The van der Waals surface area contributed by atoms with E-state index in [1.165, 1.54) is 5.82 Å². The van der Waals surface area contributed by atoms with Gasteiger partial charge in [0.25, 0.3) is 5.82 Å². The van der Waals surface area contributed by atoms with Crippen molar-refractivity contribution >= 4 is 11.9 Å². The zero-order valence-electron chi connectivity index (χ0n) is 22.1. The van der Waals surface area contributed by atoms with Crippen molar-refractivity contribution < 1.29 is 18.9 Å². The Labute approximate surface area is 220 Å². The Morgan fingerprint density at radius 3 is 2.24 bits per heavy atom. The van der Waals surface area contributed by atoms with Crippen LogP contribution >= 0.6 is 0 Å². The molecule has 1 aliphatic rings. The Morgan fingerprint density at radius 1 is 1.00 bits per heavy atom. The van der Waals surface area contributed by atoms with Gasteiger partial charge in [0.1, 0.15) is 23.9 Å². The number of carbonyl (C=O) groups is 2.